The number of aromatic nitrogens is 2. The molecule has 0 radical (unpaired) electrons. The zero-order chi connectivity index (χ0) is 20.8. The van der Waals surface area contributed by atoms with Gasteiger partial charge in [-0.2, -0.15) is 5.10 Å². The summed E-state index contributed by atoms with van der Waals surface area (Å²) in [6.45, 7) is 1.36. The fraction of sp³-hybridized carbons (Fsp3) is 0.143. The lowest BCUT2D eigenvalue weighted by atomic mass is 10.1. The lowest BCUT2D eigenvalue weighted by molar-refractivity contribution is -0.123. The molecule has 3 rings (SSSR count). The molecule has 3 amide bonds. The largest absolute Gasteiger partial charge is 0.452 e. The van der Waals surface area contributed by atoms with Crippen LogP contribution in [0.25, 0.3) is 16.9 Å². The number of hydrogen-bond donors (Lipinski definition) is 2. The van der Waals surface area contributed by atoms with Gasteiger partial charge in [-0.15, -0.1) is 0 Å². The Bertz CT molecular complexity index is 1040. The van der Waals surface area contributed by atoms with E-state index >= 15 is 0 Å². The van der Waals surface area contributed by atoms with Gasteiger partial charge in [-0.25, -0.2) is 14.3 Å². The normalized spacial score (nSPS) is 10.3. The molecule has 2 aromatic carbocycles. The van der Waals surface area contributed by atoms with Gasteiger partial charge in [0.05, 0.1) is 5.69 Å². The van der Waals surface area contributed by atoms with Gasteiger partial charge < -0.3 is 10.1 Å². The zero-order valence-electron chi connectivity index (χ0n) is 16.0. The number of nitrogens with zero attached hydrogens (tertiary/aromatic N) is 2. The van der Waals surface area contributed by atoms with E-state index in [1.807, 2.05) is 66.8 Å². The van der Waals surface area contributed by atoms with Crippen LogP contribution in [0.4, 0.5) is 4.79 Å². The van der Waals surface area contributed by atoms with E-state index in [-0.39, 0.29) is 5.56 Å². The van der Waals surface area contributed by atoms with Crippen molar-refractivity contribution in [1.82, 2.24) is 20.4 Å². The first-order valence-corrected chi connectivity index (χ1v) is 8.88. The smallest absolute Gasteiger partial charge is 0.342 e. The van der Waals surface area contributed by atoms with E-state index < -0.39 is 24.5 Å². The average Bonchev–Trinajstić information content (AvgIpc) is 3.18. The van der Waals surface area contributed by atoms with Gasteiger partial charge >= 0.3 is 12.0 Å². The van der Waals surface area contributed by atoms with E-state index in [4.69, 9.17) is 4.74 Å². The maximum atomic E-state index is 12.7. The molecule has 3 aromatic rings. The molecule has 0 bridgehead atoms. The van der Waals surface area contributed by atoms with Gasteiger partial charge in [-0.05, 0) is 25.1 Å². The van der Waals surface area contributed by atoms with Crippen molar-refractivity contribution in [2.24, 2.45) is 0 Å². The highest BCUT2D eigenvalue weighted by atomic mass is 16.5. The third kappa shape index (κ3) is 4.86. The highest BCUT2D eigenvalue weighted by Gasteiger charge is 2.21. The molecule has 0 saturated heterocycles. The van der Waals surface area contributed by atoms with Crippen LogP contribution in [-0.2, 0) is 9.53 Å². The molecule has 0 unspecified atom stereocenters. The number of esters is 1. The van der Waals surface area contributed by atoms with Crippen molar-refractivity contribution in [2.45, 2.75) is 6.92 Å². The zero-order valence-corrected chi connectivity index (χ0v) is 16.0. The standard InChI is InChI=1S/C21H20N4O4/c1-14-7-6-8-15(11-14)19-17(12-25(24-19)16-9-4-3-5-10-16)20(27)29-13-18(26)23-21(28)22-2/h3-12H,13H2,1-2H3,(H2,22,23,26,28). The summed E-state index contributed by atoms with van der Waals surface area (Å²) in [6.07, 6.45) is 1.56. The van der Waals surface area contributed by atoms with Crippen molar-refractivity contribution < 1.29 is 19.1 Å². The Morgan fingerprint density at radius 1 is 1.07 bits per heavy atom. The molecule has 8 heteroatoms. The topological polar surface area (TPSA) is 102 Å². The number of rotatable bonds is 5. The summed E-state index contributed by atoms with van der Waals surface area (Å²) in [5, 5.41) is 8.83. The first-order chi connectivity index (χ1) is 14.0. The summed E-state index contributed by atoms with van der Waals surface area (Å²) in [6, 6.07) is 16.2. The van der Waals surface area contributed by atoms with Gasteiger partial charge in [0.1, 0.15) is 11.3 Å². The molecule has 29 heavy (non-hydrogen) atoms. The van der Waals surface area contributed by atoms with Gasteiger partial charge in [-0.3, -0.25) is 10.1 Å². The number of carbonyl (C=O) groups is 3. The van der Waals surface area contributed by atoms with Crippen molar-refractivity contribution in [1.29, 1.82) is 0 Å². The summed E-state index contributed by atoms with van der Waals surface area (Å²) in [5.74, 6) is -1.44. The number of hydrogen-bond acceptors (Lipinski definition) is 5. The quantitative estimate of drug-likeness (QED) is 0.650. The number of imide groups is 1. The molecule has 8 nitrogen and oxygen atoms in total. The van der Waals surface area contributed by atoms with Crippen LogP contribution in [-0.4, -0.2) is 41.3 Å². The van der Waals surface area contributed by atoms with Gasteiger partial charge in [-0.1, -0.05) is 42.0 Å². The predicted octanol–water partition coefficient (Wildman–Crippen LogP) is 2.46. The molecule has 2 N–H and O–H groups in total. The average molecular weight is 392 g/mol. The van der Waals surface area contributed by atoms with Crippen LogP contribution in [0.15, 0.2) is 60.8 Å². The van der Waals surface area contributed by atoms with Gasteiger partial charge in [0.15, 0.2) is 6.61 Å². The maximum Gasteiger partial charge on any atom is 0.342 e. The third-order valence-corrected chi connectivity index (χ3v) is 4.06. The van der Waals surface area contributed by atoms with Crippen LogP contribution in [0.1, 0.15) is 15.9 Å². The molecule has 0 saturated carbocycles. The fourth-order valence-electron chi connectivity index (χ4n) is 2.68. The summed E-state index contributed by atoms with van der Waals surface area (Å²) in [7, 11) is 1.38. The van der Waals surface area contributed by atoms with Gasteiger partial charge in [0.2, 0.25) is 0 Å². The fourth-order valence-corrected chi connectivity index (χ4v) is 2.68. The van der Waals surface area contributed by atoms with Crippen molar-refractivity contribution in [3.8, 4) is 16.9 Å². The molecule has 1 aromatic heterocycles. The third-order valence-electron chi connectivity index (χ3n) is 4.06. The SMILES string of the molecule is CNC(=O)NC(=O)COC(=O)c1cn(-c2ccccc2)nc1-c1cccc(C)c1. The van der Waals surface area contributed by atoms with E-state index in [2.05, 4.69) is 10.4 Å². The summed E-state index contributed by atoms with van der Waals surface area (Å²) in [5.41, 5.74) is 3.20. The number of nitrogens with one attached hydrogen (secondary N) is 2. The Morgan fingerprint density at radius 2 is 1.83 bits per heavy atom. The molecule has 0 aliphatic rings. The van der Waals surface area contributed by atoms with Crippen molar-refractivity contribution in [3.63, 3.8) is 0 Å². The Kier molecular flexibility index (Phi) is 6.03. The first-order valence-electron chi connectivity index (χ1n) is 8.88. The lowest BCUT2D eigenvalue weighted by Crippen LogP contribution is -2.39. The number of para-hydroxylation sites is 1. The Labute approximate surface area is 167 Å². The molecule has 0 spiro atoms. The lowest BCUT2D eigenvalue weighted by Gasteiger charge is -2.06. The number of benzene rings is 2. The van der Waals surface area contributed by atoms with Crippen molar-refractivity contribution in [3.05, 3.63) is 71.9 Å². The summed E-state index contributed by atoms with van der Waals surface area (Å²) in [4.78, 5) is 35.5. The highest BCUT2D eigenvalue weighted by molar-refractivity contribution is 5.99. The first kappa shape index (κ1) is 19.8. The molecule has 0 aliphatic heterocycles. The second-order valence-electron chi connectivity index (χ2n) is 6.24. The Balaban J connectivity index is 1.89. The molecular weight excluding hydrogens is 372 g/mol. The van der Waals surface area contributed by atoms with Crippen LogP contribution >= 0.6 is 0 Å². The van der Waals surface area contributed by atoms with E-state index in [1.54, 1.807) is 10.9 Å². The van der Waals surface area contributed by atoms with Crippen LogP contribution in [0.3, 0.4) is 0 Å². The van der Waals surface area contributed by atoms with Gasteiger partial charge in [0.25, 0.3) is 5.91 Å². The second-order valence-corrected chi connectivity index (χ2v) is 6.24. The van der Waals surface area contributed by atoms with Crippen molar-refractivity contribution in [2.75, 3.05) is 13.7 Å². The summed E-state index contributed by atoms with van der Waals surface area (Å²) >= 11 is 0. The molecule has 0 aliphatic carbocycles. The number of amides is 3. The van der Waals surface area contributed by atoms with E-state index in [1.165, 1.54) is 7.05 Å². The predicted molar refractivity (Wildman–Crippen MR) is 107 cm³/mol. The summed E-state index contributed by atoms with van der Waals surface area (Å²) < 4.78 is 6.67. The molecular formula is C21H20N4O4. The van der Waals surface area contributed by atoms with Crippen LogP contribution in [0.2, 0.25) is 0 Å². The molecule has 1 heterocycles. The monoisotopic (exact) mass is 392 g/mol. The van der Waals surface area contributed by atoms with Gasteiger partial charge in [0, 0.05) is 18.8 Å². The van der Waals surface area contributed by atoms with Crippen molar-refractivity contribution >= 4 is 17.9 Å². The maximum absolute atomic E-state index is 12.7. The van der Waals surface area contributed by atoms with E-state index in [0.717, 1.165) is 16.8 Å². The molecule has 0 fully saturated rings. The van der Waals surface area contributed by atoms with Crippen LogP contribution in [0.5, 0.6) is 0 Å². The number of aryl methyl sites for hydroxylation is 1. The second kappa shape index (κ2) is 8.83. The highest BCUT2D eigenvalue weighted by Crippen LogP contribution is 2.25. The van der Waals surface area contributed by atoms with Crippen LogP contribution in [0, 0.1) is 6.92 Å². The molecule has 148 valence electrons. The molecule has 0 atom stereocenters. The minimum absolute atomic E-state index is 0.215. The minimum Gasteiger partial charge on any atom is -0.452 e. The van der Waals surface area contributed by atoms with E-state index in [9.17, 15) is 14.4 Å². The Morgan fingerprint density at radius 3 is 2.52 bits per heavy atom. The number of carbonyl (C=O) groups excluding carboxylic acids is 3. The Hall–Kier alpha value is -3.94. The number of ether oxygens (including phenoxy) is 1. The minimum atomic E-state index is -0.731. The number of urea groups is 1. The van der Waals surface area contributed by atoms with Crippen LogP contribution < -0.4 is 10.6 Å². The van der Waals surface area contributed by atoms with E-state index in [0.29, 0.717) is 5.69 Å².